The first-order valence-electron chi connectivity index (χ1n) is 6.96. The lowest BCUT2D eigenvalue weighted by Crippen LogP contribution is -2.26. The molecule has 0 aromatic heterocycles. The standard InChI is InChI=1S/C15H26N2O2/c1-4-5-9-14(18)17-10-7-6-8-13(15(16)19)11-12(2)3/h1,12-13H,5-11H2,2-3H3,(H2,16,19)(H,17,18). The van der Waals surface area contributed by atoms with Crippen molar-refractivity contribution in [2.75, 3.05) is 6.54 Å². The Labute approximate surface area is 116 Å². The number of hydrogen-bond acceptors (Lipinski definition) is 2. The number of unbranched alkanes of at least 4 members (excludes halogenated alkanes) is 1. The molecule has 0 bridgehead atoms. The predicted octanol–water partition coefficient (Wildman–Crippen LogP) is 1.83. The van der Waals surface area contributed by atoms with Gasteiger partial charge in [-0.25, -0.2) is 0 Å². The monoisotopic (exact) mass is 266 g/mol. The fourth-order valence-electron chi connectivity index (χ4n) is 1.96. The minimum absolute atomic E-state index is 0.00779. The van der Waals surface area contributed by atoms with Gasteiger partial charge in [0.15, 0.2) is 0 Å². The first-order chi connectivity index (χ1) is 8.97. The summed E-state index contributed by atoms with van der Waals surface area (Å²) in [7, 11) is 0. The van der Waals surface area contributed by atoms with E-state index in [2.05, 4.69) is 25.1 Å². The van der Waals surface area contributed by atoms with E-state index in [9.17, 15) is 9.59 Å². The van der Waals surface area contributed by atoms with Gasteiger partial charge in [-0.3, -0.25) is 9.59 Å². The third-order valence-electron chi connectivity index (χ3n) is 2.96. The maximum absolute atomic E-state index is 11.3. The number of nitrogens with one attached hydrogen (secondary N) is 1. The number of amides is 2. The molecule has 1 unspecified atom stereocenters. The number of hydrogen-bond donors (Lipinski definition) is 2. The number of primary amides is 1. The molecule has 108 valence electrons. The van der Waals surface area contributed by atoms with Crippen LogP contribution in [0.4, 0.5) is 0 Å². The SMILES string of the molecule is C#CCCC(=O)NCCCCC(CC(C)C)C(N)=O. The Morgan fingerprint density at radius 2 is 2.00 bits per heavy atom. The third kappa shape index (κ3) is 10.1. The van der Waals surface area contributed by atoms with Gasteiger partial charge in [-0.05, 0) is 25.2 Å². The van der Waals surface area contributed by atoms with Crippen molar-refractivity contribution >= 4 is 11.8 Å². The summed E-state index contributed by atoms with van der Waals surface area (Å²) in [6, 6.07) is 0. The number of nitrogens with two attached hydrogens (primary N) is 1. The van der Waals surface area contributed by atoms with Crippen molar-refractivity contribution in [2.24, 2.45) is 17.6 Å². The van der Waals surface area contributed by atoms with Gasteiger partial charge in [-0.15, -0.1) is 12.3 Å². The summed E-state index contributed by atoms with van der Waals surface area (Å²) >= 11 is 0. The molecule has 0 aliphatic heterocycles. The van der Waals surface area contributed by atoms with Crippen LogP contribution in [-0.4, -0.2) is 18.4 Å². The molecule has 0 radical (unpaired) electrons. The van der Waals surface area contributed by atoms with Gasteiger partial charge in [0.05, 0.1) is 0 Å². The molecule has 0 fully saturated rings. The highest BCUT2D eigenvalue weighted by Crippen LogP contribution is 2.17. The molecular formula is C15H26N2O2. The highest BCUT2D eigenvalue weighted by Gasteiger charge is 2.16. The van der Waals surface area contributed by atoms with E-state index in [-0.39, 0.29) is 17.7 Å². The van der Waals surface area contributed by atoms with E-state index in [0.717, 1.165) is 25.7 Å². The van der Waals surface area contributed by atoms with Crippen molar-refractivity contribution < 1.29 is 9.59 Å². The Balaban J connectivity index is 3.69. The number of carbonyl (C=O) groups is 2. The molecule has 0 aromatic carbocycles. The van der Waals surface area contributed by atoms with E-state index in [0.29, 0.717) is 25.3 Å². The molecule has 0 aliphatic rings. The van der Waals surface area contributed by atoms with Crippen LogP contribution in [0.15, 0.2) is 0 Å². The van der Waals surface area contributed by atoms with Crippen molar-refractivity contribution in [1.29, 1.82) is 0 Å². The second-order valence-corrected chi connectivity index (χ2v) is 5.28. The minimum atomic E-state index is -0.216. The lowest BCUT2D eigenvalue weighted by Gasteiger charge is -2.15. The van der Waals surface area contributed by atoms with E-state index in [1.807, 2.05) is 0 Å². The van der Waals surface area contributed by atoms with Gasteiger partial charge in [-0.1, -0.05) is 20.3 Å². The van der Waals surface area contributed by atoms with Crippen molar-refractivity contribution in [3.05, 3.63) is 0 Å². The zero-order chi connectivity index (χ0) is 14.7. The third-order valence-corrected chi connectivity index (χ3v) is 2.96. The summed E-state index contributed by atoms with van der Waals surface area (Å²) in [6.45, 7) is 4.81. The van der Waals surface area contributed by atoms with Gasteiger partial charge in [0.25, 0.3) is 0 Å². The Morgan fingerprint density at radius 3 is 2.53 bits per heavy atom. The highest BCUT2D eigenvalue weighted by molar-refractivity contribution is 5.76. The smallest absolute Gasteiger partial charge is 0.220 e. The summed E-state index contributed by atoms with van der Waals surface area (Å²) in [5.41, 5.74) is 5.38. The molecule has 19 heavy (non-hydrogen) atoms. The molecule has 4 nitrogen and oxygen atoms in total. The summed E-state index contributed by atoms with van der Waals surface area (Å²) < 4.78 is 0. The molecule has 0 rings (SSSR count). The van der Waals surface area contributed by atoms with Crippen LogP contribution in [0.1, 0.15) is 52.4 Å². The van der Waals surface area contributed by atoms with Gasteiger partial charge in [0, 0.05) is 25.3 Å². The number of carbonyl (C=O) groups excluding carboxylic acids is 2. The highest BCUT2D eigenvalue weighted by atomic mass is 16.1. The lowest BCUT2D eigenvalue weighted by atomic mass is 9.92. The van der Waals surface area contributed by atoms with Gasteiger partial charge in [0.1, 0.15) is 0 Å². The Hall–Kier alpha value is -1.50. The molecule has 1 atom stereocenters. The summed E-state index contributed by atoms with van der Waals surface area (Å²) in [6.07, 6.45) is 9.34. The summed E-state index contributed by atoms with van der Waals surface area (Å²) in [4.78, 5) is 22.5. The number of terminal acetylenes is 1. The van der Waals surface area contributed by atoms with E-state index in [4.69, 9.17) is 12.2 Å². The van der Waals surface area contributed by atoms with Crippen LogP contribution >= 0.6 is 0 Å². The van der Waals surface area contributed by atoms with E-state index in [1.165, 1.54) is 0 Å². The second kappa shape index (κ2) is 10.4. The van der Waals surface area contributed by atoms with Crippen LogP contribution in [0.25, 0.3) is 0 Å². The fraction of sp³-hybridized carbons (Fsp3) is 0.733. The Bertz CT molecular complexity index is 319. The van der Waals surface area contributed by atoms with Crippen LogP contribution in [0.5, 0.6) is 0 Å². The fourth-order valence-corrected chi connectivity index (χ4v) is 1.96. The van der Waals surface area contributed by atoms with Crippen molar-refractivity contribution in [3.8, 4) is 12.3 Å². The van der Waals surface area contributed by atoms with Crippen LogP contribution in [0.3, 0.4) is 0 Å². The van der Waals surface area contributed by atoms with Crippen LogP contribution < -0.4 is 11.1 Å². The van der Waals surface area contributed by atoms with Crippen molar-refractivity contribution in [3.63, 3.8) is 0 Å². The minimum Gasteiger partial charge on any atom is -0.369 e. The summed E-state index contributed by atoms with van der Waals surface area (Å²) in [5.74, 6) is 2.64. The zero-order valence-electron chi connectivity index (χ0n) is 12.1. The number of rotatable bonds is 10. The van der Waals surface area contributed by atoms with E-state index in [1.54, 1.807) is 0 Å². The average Bonchev–Trinajstić information content (AvgIpc) is 2.33. The molecule has 0 aliphatic carbocycles. The molecule has 2 amide bonds. The average molecular weight is 266 g/mol. The van der Waals surface area contributed by atoms with Crippen LogP contribution in [0, 0.1) is 24.2 Å². The van der Waals surface area contributed by atoms with Crippen LogP contribution in [-0.2, 0) is 9.59 Å². The Kier molecular flexibility index (Phi) is 9.60. The molecule has 0 heterocycles. The Morgan fingerprint density at radius 1 is 1.32 bits per heavy atom. The topological polar surface area (TPSA) is 72.2 Å². The zero-order valence-corrected chi connectivity index (χ0v) is 12.1. The molecule has 4 heteroatoms. The molecule has 0 aromatic rings. The van der Waals surface area contributed by atoms with Crippen molar-refractivity contribution in [1.82, 2.24) is 5.32 Å². The quantitative estimate of drug-likeness (QED) is 0.468. The van der Waals surface area contributed by atoms with Crippen LogP contribution in [0.2, 0.25) is 0 Å². The van der Waals surface area contributed by atoms with E-state index < -0.39 is 0 Å². The molecular weight excluding hydrogens is 240 g/mol. The molecule has 3 N–H and O–H groups in total. The predicted molar refractivity (Wildman–Crippen MR) is 77.1 cm³/mol. The van der Waals surface area contributed by atoms with E-state index >= 15 is 0 Å². The van der Waals surface area contributed by atoms with Crippen molar-refractivity contribution in [2.45, 2.75) is 52.4 Å². The summed E-state index contributed by atoms with van der Waals surface area (Å²) in [5, 5.41) is 2.81. The maximum atomic E-state index is 11.3. The molecule has 0 saturated heterocycles. The van der Waals surface area contributed by atoms with Gasteiger partial charge < -0.3 is 11.1 Å². The molecule has 0 saturated carbocycles. The van der Waals surface area contributed by atoms with Gasteiger partial charge >= 0.3 is 0 Å². The lowest BCUT2D eigenvalue weighted by molar-refractivity contribution is -0.123. The first kappa shape index (κ1) is 17.5. The normalized spacial score (nSPS) is 11.9. The van der Waals surface area contributed by atoms with Gasteiger partial charge in [0.2, 0.25) is 11.8 Å². The van der Waals surface area contributed by atoms with Gasteiger partial charge in [-0.2, -0.15) is 0 Å². The first-order valence-corrected chi connectivity index (χ1v) is 6.96. The maximum Gasteiger partial charge on any atom is 0.220 e. The molecule has 0 spiro atoms. The second-order valence-electron chi connectivity index (χ2n) is 5.28. The largest absolute Gasteiger partial charge is 0.369 e.